The van der Waals surface area contributed by atoms with Crippen LogP contribution in [0.25, 0.3) is 10.9 Å². The van der Waals surface area contributed by atoms with Gasteiger partial charge in [0.2, 0.25) is 12.7 Å². The third-order valence-corrected chi connectivity index (χ3v) is 6.92. The monoisotopic (exact) mass is 470 g/mol. The zero-order chi connectivity index (χ0) is 24.3. The van der Waals surface area contributed by atoms with Crippen LogP contribution in [0.3, 0.4) is 0 Å². The minimum Gasteiger partial charge on any atom is -0.454 e. The first-order valence-electron chi connectivity index (χ1n) is 11.8. The van der Waals surface area contributed by atoms with Gasteiger partial charge in [0.25, 0.3) is 0 Å². The van der Waals surface area contributed by atoms with E-state index in [9.17, 15) is 15.0 Å². The van der Waals surface area contributed by atoms with Crippen LogP contribution >= 0.6 is 0 Å². The minimum absolute atomic E-state index is 0. The van der Waals surface area contributed by atoms with E-state index in [0.29, 0.717) is 18.0 Å². The molecule has 1 aliphatic carbocycles. The molecule has 1 atom stereocenters. The number of aliphatic hydroxyl groups is 2. The normalized spacial score (nSPS) is 17.1. The number of aliphatic hydroxyl groups excluding tert-OH is 2. The molecule has 34 heavy (non-hydrogen) atoms. The quantitative estimate of drug-likeness (QED) is 0.484. The van der Waals surface area contributed by atoms with Crippen LogP contribution in [0.1, 0.15) is 54.7 Å². The van der Waals surface area contributed by atoms with E-state index in [-0.39, 0.29) is 29.0 Å². The third-order valence-electron chi connectivity index (χ3n) is 6.92. The van der Waals surface area contributed by atoms with Crippen LogP contribution in [0.4, 0.5) is 5.69 Å². The van der Waals surface area contributed by atoms with Gasteiger partial charge in [-0.2, -0.15) is 0 Å². The smallest absolute Gasteiger partial charge is 0.235 e. The number of rotatable bonds is 6. The highest BCUT2D eigenvalue weighted by Gasteiger charge is 2.51. The Hall–Kier alpha value is -3.03. The Morgan fingerprint density at radius 2 is 1.91 bits per heavy atom. The Balaban J connectivity index is 0.00000160. The van der Waals surface area contributed by atoms with Gasteiger partial charge >= 0.3 is 0 Å². The van der Waals surface area contributed by atoms with E-state index in [2.05, 4.69) is 36.7 Å². The van der Waals surface area contributed by atoms with Gasteiger partial charge in [0.05, 0.1) is 30.2 Å². The maximum absolute atomic E-state index is 13.4. The second kappa shape index (κ2) is 8.03. The van der Waals surface area contributed by atoms with E-state index in [1.54, 1.807) is 0 Å². The maximum Gasteiger partial charge on any atom is 0.235 e. The highest BCUT2D eigenvalue weighted by Crippen LogP contribution is 2.51. The fourth-order valence-electron chi connectivity index (χ4n) is 5.00. The molecule has 3 aromatic rings. The zero-order valence-electron chi connectivity index (χ0n) is 20.1. The first kappa shape index (κ1) is 22.7. The average molecular weight is 471 g/mol. The second-order valence-corrected chi connectivity index (χ2v) is 10.6. The maximum atomic E-state index is 13.4. The summed E-state index contributed by atoms with van der Waals surface area (Å²) < 4.78 is 13.0. The number of anilines is 1. The SMILES string of the molecule is Cc1cc(NC(=O)C2(c3ccc4c(c3)OCO4)CC2)cc2cc(C(C)(C)C)n(C[C@H](O)CO)c12.[HH].[HH].[HH]. The molecule has 1 aromatic heterocycles. The van der Waals surface area contributed by atoms with Gasteiger partial charge in [-0.25, -0.2) is 0 Å². The standard InChI is InChI=1S/C27H32N2O5.3H2/c1-16-9-19(10-17-11-23(26(2,3)4)29(24(16)17)13-20(31)14-30)28-25(32)27(7-8-27)18-5-6-21-22(12-18)34-15-33-21;;;/h5-6,9-12,20,30-31H,7-8,13-15H2,1-4H3,(H,28,32);3*1H/t20-;;;/m0.../s1. The molecule has 186 valence electrons. The lowest BCUT2D eigenvalue weighted by molar-refractivity contribution is -0.118. The molecule has 0 bridgehead atoms. The van der Waals surface area contributed by atoms with Gasteiger partial charge in [-0.3, -0.25) is 4.79 Å². The van der Waals surface area contributed by atoms with Crippen molar-refractivity contribution in [1.82, 2.24) is 4.57 Å². The van der Waals surface area contributed by atoms with Crippen molar-refractivity contribution in [3.8, 4) is 11.5 Å². The van der Waals surface area contributed by atoms with Crippen LogP contribution in [-0.2, 0) is 22.2 Å². The Morgan fingerprint density at radius 3 is 2.59 bits per heavy atom. The molecule has 2 aliphatic rings. The molecule has 1 aliphatic heterocycles. The Labute approximate surface area is 203 Å². The number of carbonyl (C=O) groups is 1. The molecule has 1 fully saturated rings. The molecule has 5 rings (SSSR count). The van der Waals surface area contributed by atoms with Crippen LogP contribution in [-0.4, -0.2) is 40.2 Å². The number of fused-ring (bicyclic) bond motifs is 2. The lowest BCUT2D eigenvalue weighted by Gasteiger charge is -2.24. The van der Waals surface area contributed by atoms with Gasteiger partial charge in [-0.15, -0.1) is 0 Å². The van der Waals surface area contributed by atoms with Crippen molar-refractivity contribution in [2.75, 3.05) is 18.7 Å². The van der Waals surface area contributed by atoms with Gasteiger partial charge in [0.1, 0.15) is 0 Å². The van der Waals surface area contributed by atoms with Crippen molar-refractivity contribution >= 4 is 22.5 Å². The number of ether oxygens (including phenoxy) is 2. The van der Waals surface area contributed by atoms with Crippen molar-refractivity contribution in [3.63, 3.8) is 0 Å². The molecule has 2 heterocycles. The first-order chi connectivity index (χ1) is 16.1. The lowest BCUT2D eigenvalue weighted by atomic mass is 9.92. The van der Waals surface area contributed by atoms with Crippen LogP contribution in [0.15, 0.2) is 36.4 Å². The molecular formula is C27H38N2O5. The molecule has 1 saturated carbocycles. The summed E-state index contributed by atoms with van der Waals surface area (Å²) in [6.45, 7) is 8.63. The number of carbonyl (C=O) groups excluding carboxylic acids is 1. The van der Waals surface area contributed by atoms with Gasteiger partial charge in [-0.05, 0) is 61.2 Å². The van der Waals surface area contributed by atoms with E-state index < -0.39 is 11.5 Å². The Kier molecular flexibility index (Phi) is 5.37. The molecule has 0 saturated heterocycles. The molecule has 1 amide bonds. The van der Waals surface area contributed by atoms with Crippen molar-refractivity contribution in [1.29, 1.82) is 0 Å². The number of aryl methyl sites for hydroxylation is 1. The molecular weight excluding hydrogens is 432 g/mol. The summed E-state index contributed by atoms with van der Waals surface area (Å²) in [6, 6.07) is 11.8. The average Bonchev–Trinajstić information content (AvgIpc) is 3.31. The minimum atomic E-state index is -0.841. The zero-order valence-corrected chi connectivity index (χ0v) is 20.1. The van der Waals surface area contributed by atoms with Crippen LogP contribution < -0.4 is 14.8 Å². The summed E-state index contributed by atoms with van der Waals surface area (Å²) in [5.74, 6) is 1.39. The Bertz CT molecular complexity index is 1280. The number of hydrogen-bond acceptors (Lipinski definition) is 5. The summed E-state index contributed by atoms with van der Waals surface area (Å²) in [4.78, 5) is 13.4. The fraction of sp³-hybridized carbons (Fsp3) is 0.444. The molecule has 0 radical (unpaired) electrons. The van der Waals surface area contributed by atoms with E-state index >= 15 is 0 Å². The number of amides is 1. The van der Waals surface area contributed by atoms with Crippen molar-refractivity contribution in [2.24, 2.45) is 0 Å². The molecule has 7 heteroatoms. The molecule has 2 aromatic carbocycles. The highest BCUT2D eigenvalue weighted by molar-refractivity contribution is 6.03. The van der Waals surface area contributed by atoms with E-state index in [0.717, 1.165) is 46.3 Å². The predicted octanol–water partition coefficient (Wildman–Crippen LogP) is 4.74. The van der Waals surface area contributed by atoms with Gasteiger partial charge in [0, 0.05) is 26.5 Å². The molecule has 0 spiro atoms. The van der Waals surface area contributed by atoms with E-state index in [1.165, 1.54) is 0 Å². The van der Waals surface area contributed by atoms with Crippen molar-refractivity contribution in [3.05, 3.63) is 53.2 Å². The molecule has 0 unspecified atom stereocenters. The summed E-state index contributed by atoms with van der Waals surface area (Å²) >= 11 is 0. The number of benzene rings is 2. The highest BCUT2D eigenvalue weighted by atomic mass is 16.7. The van der Waals surface area contributed by atoms with Crippen LogP contribution in [0, 0.1) is 6.92 Å². The number of nitrogens with zero attached hydrogens (tertiary/aromatic N) is 1. The number of aromatic nitrogens is 1. The summed E-state index contributed by atoms with van der Waals surface area (Å²) in [7, 11) is 0. The Morgan fingerprint density at radius 1 is 1.18 bits per heavy atom. The van der Waals surface area contributed by atoms with Gasteiger partial charge in [-0.1, -0.05) is 26.8 Å². The molecule has 7 nitrogen and oxygen atoms in total. The predicted molar refractivity (Wildman–Crippen MR) is 137 cm³/mol. The van der Waals surface area contributed by atoms with Crippen LogP contribution in [0.2, 0.25) is 0 Å². The van der Waals surface area contributed by atoms with E-state index in [1.807, 2.05) is 37.3 Å². The summed E-state index contributed by atoms with van der Waals surface area (Å²) in [6.07, 6.45) is 0.749. The summed E-state index contributed by atoms with van der Waals surface area (Å²) in [5, 5.41) is 23.7. The fourth-order valence-corrected chi connectivity index (χ4v) is 5.00. The van der Waals surface area contributed by atoms with Crippen molar-refractivity contribution < 1.29 is 28.8 Å². The number of nitrogens with one attached hydrogen (secondary N) is 1. The van der Waals surface area contributed by atoms with Gasteiger partial charge < -0.3 is 29.6 Å². The van der Waals surface area contributed by atoms with Gasteiger partial charge in [0.15, 0.2) is 11.5 Å². The molecule has 3 N–H and O–H groups in total. The number of hydrogen-bond donors (Lipinski definition) is 3. The lowest BCUT2D eigenvalue weighted by Crippen LogP contribution is -2.27. The largest absolute Gasteiger partial charge is 0.454 e. The van der Waals surface area contributed by atoms with Crippen LogP contribution in [0.5, 0.6) is 11.5 Å². The first-order valence-corrected chi connectivity index (χ1v) is 11.8. The van der Waals surface area contributed by atoms with E-state index in [4.69, 9.17) is 9.47 Å². The summed E-state index contributed by atoms with van der Waals surface area (Å²) in [5.41, 5.74) is 4.09. The second-order valence-electron chi connectivity index (χ2n) is 10.6. The topological polar surface area (TPSA) is 93.0 Å². The van der Waals surface area contributed by atoms with Crippen molar-refractivity contribution in [2.45, 2.75) is 64.0 Å². The third kappa shape index (κ3) is 3.83.